The second-order valence-corrected chi connectivity index (χ2v) is 6.53. The first-order valence-electron chi connectivity index (χ1n) is 8.06. The molecule has 1 unspecified atom stereocenters. The summed E-state index contributed by atoms with van der Waals surface area (Å²) in [6.45, 7) is 1.71. The minimum atomic E-state index is -0.103. The van der Waals surface area contributed by atoms with Gasteiger partial charge >= 0.3 is 6.03 Å². The predicted molar refractivity (Wildman–Crippen MR) is 95.4 cm³/mol. The van der Waals surface area contributed by atoms with Gasteiger partial charge in [0, 0.05) is 31.1 Å². The van der Waals surface area contributed by atoms with Gasteiger partial charge in [0.05, 0.1) is 6.61 Å². The van der Waals surface area contributed by atoms with Crippen molar-refractivity contribution in [2.45, 2.75) is 13.0 Å². The van der Waals surface area contributed by atoms with Gasteiger partial charge < -0.3 is 15.0 Å². The van der Waals surface area contributed by atoms with Crippen molar-refractivity contribution in [3.8, 4) is 5.75 Å². The SMILES string of the molecule is CN(Cc1ccccc1Cl)C(=O)NCC1COc2ccccc2C1. The van der Waals surface area contributed by atoms with Crippen molar-refractivity contribution >= 4 is 17.6 Å². The quantitative estimate of drug-likeness (QED) is 0.918. The van der Waals surface area contributed by atoms with Crippen LogP contribution in [-0.4, -0.2) is 31.1 Å². The number of halogens is 1. The Kier molecular flexibility index (Phi) is 5.26. The summed E-state index contributed by atoms with van der Waals surface area (Å²) in [5, 5.41) is 3.66. The van der Waals surface area contributed by atoms with E-state index in [1.54, 1.807) is 11.9 Å². The molecule has 1 aliphatic heterocycles. The van der Waals surface area contributed by atoms with Crippen LogP contribution in [0.25, 0.3) is 0 Å². The van der Waals surface area contributed by atoms with Gasteiger partial charge in [0.2, 0.25) is 0 Å². The molecule has 5 heteroatoms. The molecule has 2 aromatic rings. The van der Waals surface area contributed by atoms with Crippen LogP contribution in [0, 0.1) is 5.92 Å². The lowest BCUT2D eigenvalue weighted by Crippen LogP contribution is -2.41. The van der Waals surface area contributed by atoms with Crippen LogP contribution in [0.1, 0.15) is 11.1 Å². The highest BCUT2D eigenvalue weighted by atomic mass is 35.5. The summed E-state index contributed by atoms with van der Waals surface area (Å²) in [6, 6.07) is 15.5. The number of carbonyl (C=O) groups is 1. The number of fused-ring (bicyclic) bond motifs is 1. The molecule has 1 atom stereocenters. The van der Waals surface area contributed by atoms with Crippen LogP contribution in [0.2, 0.25) is 5.02 Å². The number of amides is 2. The molecular weight excluding hydrogens is 324 g/mol. The average molecular weight is 345 g/mol. The van der Waals surface area contributed by atoms with Crippen molar-refractivity contribution < 1.29 is 9.53 Å². The van der Waals surface area contributed by atoms with E-state index in [4.69, 9.17) is 16.3 Å². The number of nitrogens with one attached hydrogen (secondary N) is 1. The molecule has 1 N–H and O–H groups in total. The van der Waals surface area contributed by atoms with E-state index in [1.165, 1.54) is 5.56 Å². The highest BCUT2D eigenvalue weighted by Gasteiger charge is 2.20. The number of nitrogens with zero attached hydrogens (tertiary/aromatic N) is 1. The summed E-state index contributed by atoms with van der Waals surface area (Å²) in [5.41, 5.74) is 2.14. The zero-order valence-electron chi connectivity index (χ0n) is 13.7. The maximum absolute atomic E-state index is 12.3. The fourth-order valence-corrected chi connectivity index (χ4v) is 3.04. The lowest BCUT2D eigenvalue weighted by Gasteiger charge is -2.26. The Bertz CT molecular complexity index is 720. The highest BCUT2D eigenvalue weighted by molar-refractivity contribution is 6.31. The fourth-order valence-electron chi connectivity index (χ4n) is 2.84. The Morgan fingerprint density at radius 2 is 2.00 bits per heavy atom. The van der Waals surface area contributed by atoms with Crippen LogP contribution in [0.3, 0.4) is 0 Å². The lowest BCUT2D eigenvalue weighted by atomic mass is 9.97. The lowest BCUT2D eigenvalue weighted by molar-refractivity contribution is 0.193. The number of hydrogen-bond acceptors (Lipinski definition) is 2. The minimum Gasteiger partial charge on any atom is -0.493 e. The van der Waals surface area contributed by atoms with Gasteiger partial charge in [-0.1, -0.05) is 48.0 Å². The van der Waals surface area contributed by atoms with Gasteiger partial charge in [-0.3, -0.25) is 0 Å². The third-order valence-corrected chi connectivity index (χ3v) is 4.58. The molecule has 24 heavy (non-hydrogen) atoms. The van der Waals surface area contributed by atoms with Crippen molar-refractivity contribution in [2.75, 3.05) is 20.2 Å². The van der Waals surface area contributed by atoms with E-state index >= 15 is 0 Å². The van der Waals surface area contributed by atoms with E-state index in [0.717, 1.165) is 17.7 Å². The van der Waals surface area contributed by atoms with E-state index in [2.05, 4.69) is 11.4 Å². The van der Waals surface area contributed by atoms with Crippen molar-refractivity contribution in [1.82, 2.24) is 10.2 Å². The standard InChI is InChI=1S/C19H21ClN2O2/c1-22(12-16-7-2-4-8-17(16)20)19(23)21-11-14-10-15-6-3-5-9-18(15)24-13-14/h2-9,14H,10-13H2,1H3,(H,21,23). The number of rotatable bonds is 4. The van der Waals surface area contributed by atoms with E-state index in [1.807, 2.05) is 42.5 Å². The largest absolute Gasteiger partial charge is 0.493 e. The number of para-hydroxylation sites is 1. The summed E-state index contributed by atoms with van der Waals surface area (Å²) in [4.78, 5) is 13.9. The highest BCUT2D eigenvalue weighted by Crippen LogP contribution is 2.26. The Balaban J connectivity index is 1.50. The second-order valence-electron chi connectivity index (χ2n) is 6.12. The van der Waals surface area contributed by atoms with Gasteiger partial charge in [-0.25, -0.2) is 4.79 Å². The summed E-state index contributed by atoms with van der Waals surface area (Å²) in [7, 11) is 1.77. The van der Waals surface area contributed by atoms with Crippen LogP contribution in [0.15, 0.2) is 48.5 Å². The van der Waals surface area contributed by atoms with Crippen LogP contribution in [0.4, 0.5) is 4.79 Å². The zero-order valence-corrected chi connectivity index (χ0v) is 14.4. The number of urea groups is 1. The summed E-state index contributed by atoms with van der Waals surface area (Å²) >= 11 is 6.14. The maximum atomic E-state index is 12.3. The summed E-state index contributed by atoms with van der Waals surface area (Å²) < 4.78 is 5.76. The molecule has 2 aromatic carbocycles. The molecule has 0 saturated carbocycles. The molecule has 4 nitrogen and oxygen atoms in total. The van der Waals surface area contributed by atoms with E-state index in [9.17, 15) is 4.79 Å². The molecule has 1 heterocycles. The molecule has 0 aliphatic carbocycles. The first-order chi connectivity index (χ1) is 11.6. The van der Waals surface area contributed by atoms with E-state index < -0.39 is 0 Å². The molecule has 126 valence electrons. The van der Waals surface area contributed by atoms with Gasteiger partial charge in [0.25, 0.3) is 0 Å². The van der Waals surface area contributed by atoms with E-state index in [-0.39, 0.29) is 11.9 Å². The number of benzene rings is 2. The molecule has 0 spiro atoms. The monoisotopic (exact) mass is 344 g/mol. The third-order valence-electron chi connectivity index (χ3n) is 4.21. The van der Waals surface area contributed by atoms with Crippen LogP contribution < -0.4 is 10.1 Å². The zero-order chi connectivity index (χ0) is 16.9. The van der Waals surface area contributed by atoms with Gasteiger partial charge in [-0.2, -0.15) is 0 Å². The van der Waals surface area contributed by atoms with Gasteiger partial charge in [-0.15, -0.1) is 0 Å². The Labute approximate surface area is 147 Å². The Morgan fingerprint density at radius 1 is 1.25 bits per heavy atom. The molecule has 0 fully saturated rings. The Hall–Kier alpha value is -2.20. The fraction of sp³-hybridized carbons (Fsp3) is 0.316. The van der Waals surface area contributed by atoms with Crippen molar-refractivity contribution in [3.05, 3.63) is 64.7 Å². The molecule has 0 bridgehead atoms. The molecule has 3 rings (SSSR count). The number of hydrogen-bond donors (Lipinski definition) is 1. The molecule has 0 radical (unpaired) electrons. The Morgan fingerprint density at radius 3 is 2.83 bits per heavy atom. The van der Waals surface area contributed by atoms with Crippen LogP contribution >= 0.6 is 11.6 Å². The maximum Gasteiger partial charge on any atom is 0.317 e. The van der Waals surface area contributed by atoms with Crippen molar-refractivity contribution in [3.63, 3.8) is 0 Å². The minimum absolute atomic E-state index is 0.103. The first-order valence-corrected chi connectivity index (χ1v) is 8.44. The smallest absolute Gasteiger partial charge is 0.317 e. The molecule has 0 aromatic heterocycles. The number of ether oxygens (including phenoxy) is 1. The number of carbonyl (C=O) groups excluding carboxylic acids is 1. The predicted octanol–water partition coefficient (Wildman–Crippen LogP) is 3.73. The summed E-state index contributed by atoms with van der Waals surface area (Å²) in [6.07, 6.45) is 0.921. The van der Waals surface area contributed by atoms with Gasteiger partial charge in [0.15, 0.2) is 0 Å². The third kappa shape index (κ3) is 4.01. The van der Waals surface area contributed by atoms with Crippen LogP contribution in [0.5, 0.6) is 5.75 Å². The molecule has 0 saturated heterocycles. The van der Waals surface area contributed by atoms with E-state index in [0.29, 0.717) is 24.7 Å². The van der Waals surface area contributed by atoms with Gasteiger partial charge in [0.1, 0.15) is 5.75 Å². The average Bonchev–Trinajstić information content (AvgIpc) is 2.61. The molecule has 1 aliphatic rings. The second kappa shape index (κ2) is 7.58. The normalized spacial score (nSPS) is 16.0. The molecular formula is C19H21ClN2O2. The first kappa shape index (κ1) is 16.7. The van der Waals surface area contributed by atoms with Crippen LogP contribution in [-0.2, 0) is 13.0 Å². The summed E-state index contributed by atoms with van der Waals surface area (Å²) in [5.74, 6) is 1.24. The van der Waals surface area contributed by atoms with Crippen molar-refractivity contribution in [2.24, 2.45) is 5.92 Å². The van der Waals surface area contributed by atoms with Crippen molar-refractivity contribution in [1.29, 1.82) is 0 Å². The van der Waals surface area contributed by atoms with Gasteiger partial charge in [-0.05, 0) is 29.7 Å². The molecule has 2 amide bonds. The topological polar surface area (TPSA) is 41.6 Å².